The number of piperidine rings is 1. The van der Waals surface area contributed by atoms with E-state index in [0.29, 0.717) is 17.5 Å². The van der Waals surface area contributed by atoms with Gasteiger partial charge in [0.05, 0.1) is 17.6 Å². The van der Waals surface area contributed by atoms with Crippen LogP contribution in [0.5, 0.6) is 5.75 Å². The minimum atomic E-state index is -4.24. The van der Waals surface area contributed by atoms with Crippen molar-refractivity contribution in [3.63, 3.8) is 0 Å². The smallest absolute Gasteiger partial charge is 0.393 e. The number of nitrogens with zero attached hydrogens (tertiary/aromatic N) is 4. The molecule has 0 saturated carbocycles. The third-order valence-electron chi connectivity index (χ3n) is 7.52. The van der Waals surface area contributed by atoms with Crippen molar-refractivity contribution in [2.45, 2.75) is 32.0 Å². The summed E-state index contributed by atoms with van der Waals surface area (Å²) in [4.78, 5) is 13.4. The summed E-state index contributed by atoms with van der Waals surface area (Å²) in [5.41, 5.74) is 4.21. The first kappa shape index (κ1) is 23.1. The molecule has 0 radical (unpaired) electrons. The van der Waals surface area contributed by atoms with Gasteiger partial charge in [0.2, 0.25) is 0 Å². The number of ether oxygens (including phenoxy) is 1. The molecule has 3 aliphatic heterocycles. The number of benzene rings is 2. The van der Waals surface area contributed by atoms with Crippen molar-refractivity contribution in [2.75, 3.05) is 43.0 Å². The lowest BCUT2D eigenvalue weighted by molar-refractivity contribution is -0.127. The van der Waals surface area contributed by atoms with Gasteiger partial charge in [-0.3, -0.25) is 4.90 Å². The summed E-state index contributed by atoms with van der Waals surface area (Å²) in [6.07, 6.45) is -1.50. The van der Waals surface area contributed by atoms with Crippen LogP contribution in [0.25, 0.3) is 10.9 Å². The first-order valence-electron chi connectivity index (χ1n) is 12.2. The second kappa shape index (κ2) is 8.65. The van der Waals surface area contributed by atoms with Crippen molar-refractivity contribution in [2.24, 2.45) is 5.41 Å². The zero-order valence-corrected chi connectivity index (χ0v) is 19.9. The Balaban J connectivity index is 1.09. The van der Waals surface area contributed by atoms with Crippen LogP contribution in [0, 0.1) is 5.41 Å². The highest BCUT2D eigenvalue weighted by molar-refractivity contribution is 5.90. The molecular weight excluding hydrogens is 467 g/mol. The van der Waals surface area contributed by atoms with Crippen LogP contribution in [0.15, 0.2) is 55.0 Å². The molecule has 4 heterocycles. The number of hydrogen-bond acceptors (Lipinski definition) is 6. The monoisotopic (exact) mass is 495 g/mol. The quantitative estimate of drug-likeness (QED) is 0.540. The van der Waals surface area contributed by atoms with E-state index in [1.54, 1.807) is 12.1 Å². The Morgan fingerprint density at radius 3 is 2.58 bits per heavy atom. The largest absolute Gasteiger partial charge is 0.485 e. The molecule has 0 amide bonds. The van der Waals surface area contributed by atoms with E-state index < -0.39 is 12.6 Å². The Labute approximate surface area is 207 Å². The van der Waals surface area contributed by atoms with Crippen LogP contribution >= 0.6 is 0 Å². The maximum absolute atomic E-state index is 12.9. The molecule has 3 aliphatic rings. The van der Waals surface area contributed by atoms with Gasteiger partial charge < -0.3 is 15.0 Å². The maximum Gasteiger partial charge on any atom is 0.393 e. The fraction of sp³-hybridized carbons (Fsp3) is 0.407. The predicted molar refractivity (Wildman–Crippen MR) is 133 cm³/mol. The molecule has 6 rings (SSSR count). The minimum Gasteiger partial charge on any atom is -0.485 e. The lowest BCUT2D eigenvalue weighted by atomic mass is 9.72. The van der Waals surface area contributed by atoms with Gasteiger partial charge in [-0.15, -0.1) is 0 Å². The molecule has 36 heavy (non-hydrogen) atoms. The van der Waals surface area contributed by atoms with Crippen LogP contribution in [-0.2, 0) is 13.0 Å². The first-order chi connectivity index (χ1) is 17.3. The summed E-state index contributed by atoms with van der Waals surface area (Å²) in [5, 5.41) is 3.96. The molecule has 1 spiro atoms. The molecule has 0 bridgehead atoms. The molecule has 1 aromatic heterocycles. The van der Waals surface area contributed by atoms with Crippen molar-refractivity contribution in [3.05, 3.63) is 66.1 Å². The van der Waals surface area contributed by atoms with E-state index in [2.05, 4.69) is 49.9 Å². The van der Waals surface area contributed by atoms with Crippen LogP contribution in [0.3, 0.4) is 0 Å². The van der Waals surface area contributed by atoms with Crippen molar-refractivity contribution in [3.8, 4) is 5.75 Å². The van der Waals surface area contributed by atoms with Crippen molar-refractivity contribution < 1.29 is 17.9 Å². The molecule has 188 valence electrons. The third-order valence-corrected chi connectivity index (χ3v) is 7.52. The van der Waals surface area contributed by atoms with Gasteiger partial charge in [-0.05, 0) is 61.3 Å². The van der Waals surface area contributed by atoms with Gasteiger partial charge in [0.25, 0.3) is 0 Å². The molecule has 0 aliphatic carbocycles. The van der Waals surface area contributed by atoms with E-state index in [0.717, 1.165) is 68.5 Å². The second-order valence-electron chi connectivity index (χ2n) is 10.3. The fourth-order valence-electron chi connectivity index (χ4n) is 5.64. The molecule has 2 saturated heterocycles. The Morgan fingerprint density at radius 1 is 1.03 bits per heavy atom. The summed E-state index contributed by atoms with van der Waals surface area (Å²) >= 11 is 0. The van der Waals surface area contributed by atoms with Gasteiger partial charge in [-0.1, -0.05) is 18.7 Å². The summed E-state index contributed by atoms with van der Waals surface area (Å²) in [6.45, 7) is 9.07. The third kappa shape index (κ3) is 4.59. The highest BCUT2D eigenvalue weighted by Crippen LogP contribution is 2.44. The first-order valence-corrected chi connectivity index (χ1v) is 12.2. The van der Waals surface area contributed by atoms with Crippen molar-refractivity contribution in [1.29, 1.82) is 0 Å². The number of likely N-dealkylation sites (tertiary alicyclic amines) is 1. The number of halogens is 3. The van der Waals surface area contributed by atoms with E-state index >= 15 is 0 Å². The van der Waals surface area contributed by atoms with E-state index in [1.165, 1.54) is 18.0 Å². The van der Waals surface area contributed by atoms with Crippen LogP contribution < -0.4 is 15.0 Å². The lowest BCUT2D eigenvalue weighted by Crippen LogP contribution is -2.60. The summed E-state index contributed by atoms with van der Waals surface area (Å²) < 4.78 is 44.5. The zero-order chi connectivity index (χ0) is 24.9. The fourth-order valence-corrected chi connectivity index (χ4v) is 5.64. The topological polar surface area (TPSA) is 53.5 Å². The summed E-state index contributed by atoms with van der Waals surface area (Å²) in [7, 11) is 0. The standard InChI is InChI=1S/C27H28F3N5O/c1-18-14-36-24-11-20(3-5-23(24)33-18)13-34-8-6-26(7-9-34)15-35(16-26)25-21-10-19(12-27(28,29)30)2-4-22(21)31-17-32-25/h2-5,10-11,17,33H,1,6-9,12-16H2. The van der Waals surface area contributed by atoms with Gasteiger partial charge in [-0.25, -0.2) is 9.97 Å². The van der Waals surface area contributed by atoms with E-state index in [9.17, 15) is 13.2 Å². The Bertz CT molecular complexity index is 1310. The maximum atomic E-state index is 12.9. The molecule has 9 heteroatoms. The average molecular weight is 496 g/mol. The average Bonchev–Trinajstić information content (AvgIpc) is 2.82. The van der Waals surface area contributed by atoms with Crippen LogP contribution in [0.1, 0.15) is 24.0 Å². The van der Waals surface area contributed by atoms with Gasteiger partial charge in [0.1, 0.15) is 24.5 Å². The molecule has 2 fully saturated rings. The molecule has 0 atom stereocenters. The van der Waals surface area contributed by atoms with Gasteiger partial charge in [0, 0.05) is 36.1 Å². The van der Waals surface area contributed by atoms with E-state index in [1.807, 2.05) is 0 Å². The number of nitrogens with one attached hydrogen (secondary N) is 1. The van der Waals surface area contributed by atoms with E-state index in [-0.39, 0.29) is 11.0 Å². The lowest BCUT2D eigenvalue weighted by Gasteiger charge is -2.54. The van der Waals surface area contributed by atoms with Crippen LogP contribution in [0.2, 0.25) is 0 Å². The number of rotatable bonds is 4. The van der Waals surface area contributed by atoms with Gasteiger partial charge in [0.15, 0.2) is 0 Å². The molecule has 6 nitrogen and oxygen atoms in total. The zero-order valence-electron chi connectivity index (χ0n) is 19.9. The molecule has 3 aromatic rings. The molecule has 0 unspecified atom stereocenters. The van der Waals surface area contributed by atoms with Crippen molar-refractivity contribution >= 4 is 22.4 Å². The number of anilines is 2. The summed E-state index contributed by atoms with van der Waals surface area (Å²) in [6, 6.07) is 11.1. The number of aromatic nitrogens is 2. The highest BCUT2D eigenvalue weighted by Gasteiger charge is 2.45. The molecule has 1 N–H and O–H groups in total. The normalized spacial score (nSPS) is 19.5. The molecule has 2 aromatic carbocycles. The number of hydrogen-bond donors (Lipinski definition) is 1. The van der Waals surface area contributed by atoms with E-state index in [4.69, 9.17) is 4.74 Å². The minimum absolute atomic E-state index is 0.237. The van der Waals surface area contributed by atoms with Crippen molar-refractivity contribution in [1.82, 2.24) is 14.9 Å². The Hall–Kier alpha value is -3.33. The second-order valence-corrected chi connectivity index (χ2v) is 10.3. The molecular formula is C27H28F3N5O. The highest BCUT2D eigenvalue weighted by atomic mass is 19.4. The van der Waals surface area contributed by atoms with Crippen LogP contribution in [0.4, 0.5) is 24.7 Å². The number of alkyl halides is 3. The number of fused-ring (bicyclic) bond motifs is 2. The van der Waals surface area contributed by atoms with Gasteiger partial charge >= 0.3 is 6.18 Å². The predicted octanol–water partition coefficient (Wildman–Crippen LogP) is 5.16. The Morgan fingerprint density at radius 2 is 1.81 bits per heavy atom. The SMILES string of the molecule is C=C1COc2cc(CN3CCC4(CC3)CN(c3ncnc5ccc(CC(F)(F)F)cc35)C4)ccc2N1. The Kier molecular flexibility index (Phi) is 5.55. The van der Waals surface area contributed by atoms with Gasteiger partial charge in [-0.2, -0.15) is 13.2 Å². The summed E-state index contributed by atoms with van der Waals surface area (Å²) in [5.74, 6) is 1.61. The van der Waals surface area contributed by atoms with Crippen LogP contribution in [-0.4, -0.2) is 53.8 Å².